The fourth-order valence-electron chi connectivity index (χ4n) is 3.29. The van der Waals surface area contributed by atoms with E-state index < -0.39 is 0 Å². The Morgan fingerprint density at radius 1 is 1.31 bits per heavy atom. The Bertz CT molecular complexity index is 845. The lowest BCUT2D eigenvalue weighted by Gasteiger charge is -2.23. The van der Waals surface area contributed by atoms with Crippen molar-refractivity contribution >= 4 is 18.2 Å². The van der Waals surface area contributed by atoms with Crippen LogP contribution in [-0.2, 0) is 22.6 Å². The van der Waals surface area contributed by atoms with E-state index in [4.69, 9.17) is 15.2 Å². The molecule has 2 aromatic rings. The Kier molecular flexibility index (Phi) is 8.63. The van der Waals surface area contributed by atoms with Crippen molar-refractivity contribution in [2.75, 3.05) is 31.1 Å². The zero-order valence-electron chi connectivity index (χ0n) is 16.6. The van der Waals surface area contributed by atoms with Gasteiger partial charge in [0.2, 0.25) is 5.91 Å². The van der Waals surface area contributed by atoms with Crippen molar-refractivity contribution in [3.05, 3.63) is 42.1 Å². The number of aryl methyl sites for hydroxylation is 2. The average molecular weight is 398 g/mol. The molecule has 0 atom stereocenters. The molecule has 1 saturated heterocycles. The van der Waals surface area contributed by atoms with E-state index in [-0.39, 0.29) is 12.4 Å². The third-order valence-electron chi connectivity index (χ3n) is 4.71. The number of imidazole rings is 1. The number of carbonyl (C=O) groups is 2. The first-order valence-corrected chi connectivity index (χ1v) is 9.60. The predicted octanol–water partition coefficient (Wildman–Crippen LogP) is 1.54. The van der Waals surface area contributed by atoms with Crippen LogP contribution in [0.3, 0.4) is 0 Å². The van der Waals surface area contributed by atoms with Gasteiger partial charge in [0, 0.05) is 58.0 Å². The molecule has 0 saturated carbocycles. The molecule has 0 unspecified atom stereocenters. The highest BCUT2D eigenvalue weighted by Crippen LogP contribution is 2.15. The molecule has 9 heteroatoms. The quantitative estimate of drug-likeness (QED) is 0.760. The second kappa shape index (κ2) is 11.4. The van der Waals surface area contributed by atoms with Gasteiger partial charge in [-0.3, -0.25) is 9.59 Å². The van der Waals surface area contributed by atoms with Crippen LogP contribution in [0.15, 0.2) is 30.6 Å². The zero-order chi connectivity index (χ0) is 21.1. The van der Waals surface area contributed by atoms with Crippen LogP contribution >= 0.6 is 0 Å². The highest BCUT2D eigenvalue weighted by molar-refractivity contribution is 5.76. The van der Waals surface area contributed by atoms with E-state index >= 15 is 0 Å². The molecule has 154 valence electrons. The molecule has 29 heavy (non-hydrogen) atoms. The van der Waals surface area contributed by atoms with Crippen molar-refractivity contribution in [1.29, 1.82) is 5.26 Å². The molecule has 1 fully saturated rings. The molecule has 9 nitrogen and oxygen atoms in total. The number of carboxylic acid groups (broad SMARTS) is 1. The maximum Gasteiger partial charge on any atom is 0.290 e. The second-order valence-corrected chi connectivity index (χ2v) is 6.46. The molecule has 0 spiro atoms. The number of carbonyl (C=O) groups excluding carboxylic acids is 1. The molecule has 3 heterocycles. The summed E-state index contributed by atoms with van der Waals surface area (Å²) in [7, 11) is 0. The van der Waals surface area contributed by atoms with Crippen LogP contribution in [0.1, 0.15) is 31.3 Å². The highest BCUT2D eigenvalue weighted by Gasteiger charge is 2.20. The van der Waals surface area contributed by atoms with Crippen LogP contribution in [0, 0.1) is 11.3 Å². The summed E-state index contributed by atoms with van der Waals surface area (Å²) in [5, 5.41) is 15.9. The average Bonchev–Trinajstić information content (AvgIpc) is 3.06. The first-order valence-electron chi connectivity index (χ1n) is 9.60. The van der Waals surface area contributed by atoms with Crippen molar-refractivity contribution in [3.63, 3.8) is 0 Å². The molecule has 3 rings (SSSR count). The van der Waals surface area contributed by atoms with Gasteiger partial charge in [0.1, 0.15) is 23.4 Å². The van der Waals surface area contributed by atoms with Gasteiger partial charge in [0.15, 0.2) is 0 Å². The van der Waals surface area contributed by atoms with Crippen molar-refractivity contribution < 1.29 is 14.7 Å². The molecule has 1 aliphatic rings. The van der Waals surface area contributed by atoms with Gasteiger partial charge in [-0.15, -0.1) is 0 Å². The lowest BCUT2D eigenvalue weighted by Crippen LogP contribution is -2.35. The number of aromatic nitrogens is 3. The van der Waals surface area contributed by atoms with E-state index in [0.29, 0.717) is 25.2 Å². The molecule has 1 amide bonds. The minimum absolute atomic E-state index is 0.182. The van der Waals surface area contributed by atoms with Gasteiger partial charge >= 0.3 is 0 Å². The Hall–Kier alpha value is -3.41. The Labute approximate surface area is 170 Å². The van der Waals surface area contributed by atoms with E-state index in [1.807, 2.05) is 23.2 Å². The predicted molar refractivity (Wildman–Crippen MR) is 107 cm³/mol. The molecule has 0 bridgehead atoms. The summed E-state index contributed by atoms with van der Waals surface area (Å²) in [6, 6.07) is 7.56. The Morgan fingerprint density at radius 2 is 2.10 bits per heavy atom. The topological polar surface area (TPSA) is 115 Å². The molecule has 0 aliphatic carbocycles. The van der Waals surface area contributed by atoms with Crippen molar-refractivity contribution in [2.24, 2.45) is 0 Å². The fourth-order valence-corrected chi connectivity index (χ4v) is 3.29. The lowest BCUT2D eigenvalue weighted by molar-refractivity contribution is -0.131. The molecule has 0 radical (unpaired) electrons. The van der Waals surface area contributed by atoms with Gasteiger partial charge in [0.25, 0.3) is 6.47 Å². The van der Waals surface area contributed by atoms with E-state index in [2.05, 4.69) is 32.4 Å². The molecule has 1 N–H and O–H groups in total. The van der Waals surface area contributed by atoms with Gasteiger partial charge in [-0.1, -0.05) is 13.0 Å². The summed E-state index contributed by atoms with van der Waals surface area (Å²) >= 11 is 0. The summed E-state index contributed by atoms with van der Waals surface area (Å²) < 4.78 is 2.05. The van der Waals surface area contributed by atoms with E-state index in [0.717, 1.165) is 44.1 Å². The number of hydrogen-bond acceptors (Lipinski definition) is 6. The van der Waals surface area contributed by atoms with Crippen LogP contribution in [-0.4, -0.2) is 63.1 Å². The van der Waals surface area contributed by atoms with Gasteiger partial charge in [-0.25, -0.2) is 9.97 Å². The number of nitrogens with zero attached hydrogens (tertiary/aromatic N) is 6. The molecule has 0 aromatic carbocycles. The third kappa shape index (κ3) is 6.31. The fraction of sp³-hybridized carbons (Fsp3) is 0.450. The standard InChI is InChI=1S/C19H24N6O.CH2O2/c1-2-17-21-8-12-24(17)11-7-19(26)25-10-4-9-23(13-14-25)18-6-3-5-16(15-20)22-18;2-1-3/h3,5-6,8,12H,2,4,7,9-11,13-14H2,1H3;1H,(H,2,3). The Balaban J connectivity index is 0.000000941. The molecule has 2 aromatic heterocycles. The minimum Gasteiger partial charge on any atom is -0.483 e. The van der Waals surface area contributed by atoms with E-state index in [1.165, 1.54) is 0 Å². The summed E-state index contributed by atoms with van der Waals surface area (Å²) in [5.74, 6) is 2.01. The highest BCUT2D eigenvalue weighted by atomic mass is 16.3. The third-order valence-corrected chi connectivity index (χ3v) is 4.71. The second-order valence-electron chi connectivity index (χ2n) is 6.46. The van der Waals surface area contributed by atoms with Gasteiger partial charge < -0.3 is 19.5 Å². The summed E-state index contributed by atoms with van der Waals surface area (Å²) in [6.07, 6.45) is 5.98. The largest absolute Gasteiger partial charge is 0.483 e. The van der Waals surface area contributed by atoms with Crippen LogP contribution in [0.5, 0.6) is 0 Å². The van der Waals surface area contributed by atoms with Gasteiger partial charge in [0.05, 0.1) is 0 Å². The molecular formula is C20H26N6O3. The smallest absolute Gasteiger partial charge is 0.290 e. The normalized spacial score (nSPS) is 13.7. The van der Waals surface area contributed by atoms with Gasteiger partial charge in [-0.2, -0.15) is 5.26 Å². The van der Waals surface area contributed by atoms with Crippen LogP contribution in [0.4, 0.5) is 5.82 Å². The SMILES string of the molecule is CCc1nccn1CCC(=O)N1CCCN(c2cccc(C#N)n2)CC1.O=CO. The number of pyridine rings is 1. The maximum absolute atomic E-state index is 12.6. The maximum atomic E-state index is 12.6. The molecular weight excluding hydrogens is 372 g/mol. The number of amides is 1. The molecule has 1 aliphatic heterocycles. The van der Waals surface area contributed by atoms with E-state index in [9.17, 15) is 4.79 Å². The number of anilines is 1. The summed E-state index contributed by atoms with van der Waals surface area (Å²) in [4.78, 5) is 33.7. The zero-order valence-corrected chi connectivity index (χ0v) is 16.6. The first kappa shape index (κ1) is 21.9. The summed E-state index contributed by atoms with van der Waals surface area (Å²) in [6.45, 7) is 5.51. The van der Waals surface area contributed by atoms with Gasteiger partial charge in [-0.05, 0) is 18.6 Å². The number of rotatable bonds is 5. The van der Waals surface area contributed by atoms with Crippen LogP contribution in [0.2, 0.25) is 0 Å². The number of nitriles is 1. The first-order chi connectivity index (χ1) is 14.1. The number of hydrogen-bond donors (Lipinski definition) is 1. The monoisotopic (exact) mass is 398 g/mol. The lowest BCUT2D eigenvalue weighted by atomic mass is 10.3. The van der Waals surface area contributed by atoms with Crippen LogP contribution in [0.25, 0.3) is 0 Å². The Morgan fingerprint density at radius 3 is 2.83 bits per heavy atom. The van der Waals surface area contributed by atoms with E-state index in [1.54, 1.807) is 12.3 Å². The van der Waals surface area contributed by atoms with Crippen LogP contribution < -0.4 is 4.90 Å². The van der Waals surface area contributed by atoms with Crippen molar-refractivity contribution in [2.45, 2.75) is 32.7 Å². The van der Waals surface area contributed by atoms with Crippen molar-refractivity contribution in [1.82, 2.24) is 19.4 Å². The summed E-state index contributed by atoms with van der Waals surface area (Å²) in [5.41, 5.74) is 0.423. The van der Waals surface area contributed by atoms with Crippen molar-refractivity contribution in [3.8, 4) is 6.07 Å². The minimum atomic E-state index is -0.250.